The second kappa shape index (κ2) is 7.42. The Bertz CT molecular complexity index is 956. The summed E-state index contributed by atoms with van der Waals surface area (Å²) in [6.45, 7) is 2.29. The van der Waals surface area contributed by atoms with Crippen LogP contribution >= 0.6 is 15.9 Å². The highest BCUT2D eigenvalue weighted by Crippen LogP contribution is 2.36. The van der Waals surface area contributed by atoms with Gasteiger partial charge in [0.05, 0.1) is 11.6 Å². The molecule has 0 saturated heterocycles. The highest BCUT2D eigenvalue weighted by Gasteiger charge is 2.31. The lowest BCUT2D eigenvalue weighted by atomic mass is 9.79. The molecule has 0 spiro atoms. The second-order valence-electron chi connectivity index (χ2n) is 7.44. The Hall–Kier alpha value is -2.22. The van der Waals surface area contributed by atoms with Crippen LogP contribution in [0.5, 0.6) is 0 Å². The maximum Gasteiger partial charge on any atom is 0.270 e. The first kappa shape index (κ1) is 18.2. The average molecular weight is 431 g/mol. The summed E-state index contributed by atoms with van der Waals surface area (Å²) in [5, 5.41) is 7.31. The van der Waals surface area contributed by atoms with Crippen molar-refractivity contribution >= 4 is 33.0 Å². The van der Waals surface area contributed by atoms with Gasteiger partial charge in [-0.15, -0.1) is 0 Å². The average Bonchev–Trinajstić information content (AvgIpc) is 3.26. The molecular formula is C19H23BrN6O. The van der Waals surface area contributed by atoms with Crippen molar-refractivity contribution in [3.05, 3.63) is 40.5 Å². The van der Waals surface area contributed by atoms with Crippen LogP contribution in [0.1, 0.15) is 55.0 Å². The van der Waals surface area contributed by atoms with Crippen LogP contribution < -0.4 is 5.32 Å². The lowest BCUT2D eigenvalue weighted by molar-refractivity contribution is 0.0895. The van der Waals surface area contributed by atoms with Gasteiger partial charge in [-0.2, -0.15) is 5.10 Å². The summed E-state index contributed by atoms with van der Waals surface area (Å²) in [5.74, 6) is 1.73. The van der Waals surface area contributed by atoms with E-state index in [4.69, 9.17) is 4.98 Å². The van der Waals surface area contributed by atoms with Crippen molar-refractivity contribution in [3.8, 4) is 0 Å². The molecule has 3 aromatic rings. The molecule has 0 aliphatic heterocycles. The maximum absolute atomic E-state index is 12.8. The molecule has 3 heterocycles. The van der Waals surface area contributed by atoms with Crippen LogP contribution in [0.2, 0.25) is 0 Å². The molecule has 1 aliphatic rings. The molecule has 1 saturated carbocycles. The van der Waals surface area contributed by atoms with E-state index in [0.29, 0.717) is 17.3 Å². The van der Waals surface area contributed by atoms with Crippen molar-refractivity contribution in [1.82, 2.24) is 30.0 Å². The Morgan fingerprint density at radius 1 is 1.26 bits per heavy atom. The molecule has 1 fully saturated rings. The van der Waals surface area contributed by atoms with Gasteiger partial charge < -0.3 is 10.3 Å². The minimum Gasteiger partial charge on any atom is -0.340 e. The van der Waals surface area contributed by atoms with Crippen LogP contribution in [0.4, 0.5) is 0 Å². The first-order valence-corrected chi connectivity index (χ1v) is 10.1. The molecule has 8 heteroatoms. The van der Waals surface area contributed by atoms with Gasteiger partial charge in [-0.3, -0.25) is 9.48 Å². The number of aryl methyl sites for hydroxylation is 1. The minimum atomic E-state index is -0.173. The third-order valence-corrected chi connectivity index (χ3v) is 5.94. The van der Waals surface area contributed by atoms with Crippen LogP contribution in [0, 0.1) is 11.8 Å². The first-order chi connectivity index (χ1) is 13.0. The molecule has 0 aromatic carbocycles. The predicted octanol–water partition coefficient (Wildman–Crippen LogP) is 3.75. The molecule has 0 bridgehead atoms. The summed E-state index contributed by atoms with van der Waals surface area (Å²) < 4.78 is 2.34. The smallest absolute Gasteiger partial charge is 0.270 e. The topological polar surface area (TPSA) is 88.5 Å². The summed E-state index contributed by atoms with van der Waals surface area (Å²) in [5.41, 5.74) is 2.07. The van der Waals surface area contributed by atoms with Crippen molar-refractivity contribution in [3.63, 3.8) is 0 Å². The molecule has 7 nitrogen and oxygen atoms in total. The van der Waals surface area contributed by atoms with E-state index in [0.717, 1.165) is 34.7 Å². The van der Waals surface area contributed by atoms with E-state index in [-0.39, 0.29) is 11.9 Å². The van der Waals surface area contributed by atoms with Gasteiger partial charge in [0, 0.05) is 13.2 Å². The van der Waals surface area contributed by atoms with Crippen LogP contribution in [0.15, 0.2) is 29.0 Å². The highest BCUT2D eigenvalue weighted by atomic mass is 79.9. The Labute approximate surface area is 166 Å². The fourth-order valence-electron chi connectivity index (χ4n) is 3.88. The number of hydrogen-bond acceptors (Lipinski definition) is 4. The second-order valence-corrected chi connectivity index (χ2v) is 8.25. The van der Waals surface area contributed by atoms with E-state index >= 15 is 0 Å². The van der Waals surface area contributed by atoms with Gasteiger partial charge in [0.1, 0.15) is 16.1 Å². The number of H-pyrrole nitrogens is 1. The molecule has 3 aromatic heterocycles. The van der Waals surface area contributed by atoms with Gasteiger partial charge in [0.15, 0.2) is 5.65 Å². The number of pyridine rings is 1. The van der Waals surface area contributed by atoms with E-state index in [2.05, 4.69) is 43.2 Å². The number of carbonyl (C=O) groups excluding carboxylic acids is 1. The van der Waals surface area contributed by atoms with Crippen molar-refractivity contribution in [2.24, 2.45) is 18.9 Å². The third kappa shape index (κ3) is 3.76. The number of rotatable bonds is 4. The molecule has 0 radical (unpaired) electrons. The molecule has 1 atom stereocenters. The minimum absolute atomic E-state index is 0.131. The monoisotopic (exact) mass is 430 g/mol. The number of aromatic nitrogens is 5. The van der Waals surface area contributed by atoms with Crippen LogP contribution in [-0.4, -0.2) is 30.6 Å². The van der Waals surface area contributed by atoms with Gasteiger partial charge in [-0.1, -0.05) is 19.8 Å². The number of amides is 1. The normalized spacial score (nSPS) is 21.3. The van der Waals surface area contributed by atoms with E-state index in [1.165, 1.54) is 12.8 Å². The number of imidazole rings is 1. The molecule has 1 unspecified atom stereocenters. The molecule has 2 N–H and O–H groups in total. The molecule has 1 amide bonds. The Morgan fingerprint density at radius 2 is 2.04 bits per heavy atom. The first-order valence-electron chi connectivity index (χ1n) is 9.32. The maximum atomic E-state index is 12.8. The zero-order valence-electron chi connectivity index (χ0n) is 15.4. The van der Waals surface area contributed by atoms with Crippen LogP contribution in [0.25, 0.3) is 11.2 Å². The Balaban J connectivity index is 1.66. The summed E-state index contributed by atoms with van der Waals surface area (Å²) in [6, 6.07) is 5.39. The number of fused-ring (bicyclic) bond motifs is 1. The number of halogens is 1. The van der Waals surface area contributed by atoms with Crippen molar-refractivity contribution < 1.29 is 4.79 Å². The van der Waals surface area contributed by atoms with Crippen molar-refractivity contribution in [2.75, 3.05) is 0 Å². The fraction of sp³-hybridized carbons (Fsp3) is 0.474. The number of aromatic amines is 1. The number of hydrogen-bond donors (Lipinski definition) is 2. The van der Waals surface area contributed by atoms with E-state index in [1.54, 1.807) is 24.0 Å². The van der Waals surface area contributed by atoms with Crippen LogP contribution in [0.3, 0.4) is 0 Å². The van der Waals surface area contributed by atoms with E-state index in [9.17, 15) is 4.79 Å². The van der Waals surface area contributed by atoms with Gasteiger partial charge in [-0.25, -0.2) is 9.97 Å². The summed E-state index contributed by atoms with van der Waals surface area (Å²) in [6.07, 6.45) is 6.13. The van der Waals surface area contributed by atoms with Gasteiger partial charge >= 0.3 is 0 Å². The zero-order valence-corrected chi connectivity index (χ0v) is 17.0. The van der Waals surface area contributed by atoms with Crippen molar-refractivity contribution in [2.45, 2.75) is 38.6 Å². The summed E-state index contributed by atoms with van der Waals surface area (Å²) in [7, 11) is 1.77. The SMILES string of the molecule is CC1CCC(C(NC(=O)c2ccnn2C)c2nc3nc(Br)ccc3[nH]2)CC1. The third-order valence-electron chi connectivity index (χ3n) is 5.50. The van der Waals surface area contributed by atoms with Gasteiger partial charge in [0.25, 0.3) is 5.91 Å². The largest absolute Gasteiger partial charge is 0.340 e. The fourth-order valence-corrected chi connectivity index (χ4v) is 4.18. The van der Waals surface area contributed by atoms with Gasteiger partial charge in [0.2, 0.25) is 0 Å². The lowest BCUT2D eigenvalue weighted by Gasteiger charge is -2.32. The molecule has 142 valence electrons. The van der Waals surface area contributed by atoms with Crippen molar-refractivity contribution in [1.29, 1.82) is 0 Å². The number of nitrogens with one attached hydrogen (secondary N) is 2. The van der Waals surface area contributed by atoms with Gasteiger partial charge in [-0.05, 0) is 58.8 Å². The van der Waals surface area contributed by atoms with Crippen LogP contribution in [-0.2, 0) is 7.05 Å². The lowest BCUT2D eigenvalue weighted by Crippen LogP contribution is -2.36. The number of nitrogens with zero attached hydrogens (tertiary/aromatic N) is 4. The van der Waals surface area contributed by atoms with E-state index in [1.807, 2.05) is 12.1 Å². The molecular weight excluding hydrogens is 408 g/mol. The predicted molar refractivity (Wildman–Crippen MR) is 106 cm³/mol. The summed E-state index contributed by atoms with van der Waals surface area (Å²) in [4.78, 5) is 25.3. The molecule has 27 heavy (non-hydrogen) atoms. The molecule has 1 aliphatic carbocycles. The zero-order chi connectivity index (χ0) is 19.0. The molecule has 4 rings (SSSR count). The van der Waals surface area contributed by atoms with E-state index < -0.39 is 0 Å². The number of carbonyl (C=O) groups is 1. The quantitative estimate of drug-likeness (QED) is 0.616. The Morgan fingerprint density at radius 3 is 2.74 bits per heavy atom. The Kier molecular flexibility index (Phi) is 4.99. The summed E-state index contributed by atoms with van der Waals surface area (Å²) >= 11 is 3.39. The standard InChI is InChI=1S/C19H23BrN6O/c1-11-3-5-12(6-4-11)16(24-19(27)14-9-10-21-26(14)2)18-22-13-7-8-15(20)23-17(13)25-18/h7-12,16H,3-6H2,1-2H3,(H,24,27)(H,22,23,25). The highest BCUT2D eigenvalue weighted by molar-refractivity contribution is 9.10.